The summed E-state index contributed by atoms with van der Waals surface area (Å²) in [7, 11) is 0. The van der Waals surface area contributed by atoms with Crippen LogP contribution in [0.25, 0.3) is 10.8 Å². The minimum absolute atomic E-state index is 0.550. The Balaban J connectivity index is 1.81. The van der Waals surface area contributed by atoms with E-state index in [2.05, 4.69) is 57.2 Å². The van der Waals surface area contributed by atoms with E-state index in [1.807, 2.05) is 0 Å². The Morgan fingerprint density at radius 1 is 0.885 bits per heavy atom. The fourth-order valence-electron chi connectivity index (χ4n) is 5.24. The zero-order valence-corrected chi connectivity index (χ0v) is 16.2. The maximum Gasteiger partial charge on any atom is 0.0259 e. The number of rotatable bonds is 3. The summed E-state index contributed by atoms with van der Waals surface area (Å²) >= 11 is 0. The van der Waals surface area contributed by atoms with Crippen molar-refractivity contribution >= 4 is 17.0 Å². The van der Waals surface area contributed by atoms with Gasteiger partial charge in [-0.1, -0.05) is 60.4 Å². The number of nitrogens with one attached hydrogen (secondary N) is 1. The zero-order chi connectivity index (χ0) is 18.3. The first kappa shape index (κ1) is 17.3. The van der Waals surface area contributed by atoms with E-state index in [1.165, 1.54) is 53.2 Å². The minimum Gasteiger partial charge on any atom is -0.308 e. The fraction of sp³-hybridized carbons (Fsp3) is 0.400. The molecule has 26 heavy (non-hydrogen) atoms. The van der Waals surface area contributed by atoms with Gasteiger partial charge in [0.05, 0.1) is 0 Å². The molecule has 0 amide bonds. The normalized spacial score (nSPS) is 23.8. The third-order valence-corrected chi connectivity index (χ3v) is 6.90. The fourth-order valence-corrected chi connectivity index (χ4v) is 5.24. The molecule has 1 nitrogen and oxygen atoms in total. The molecule has 0 radical (unpaired) electrons. The van der Waals surface area contributed by atoms with Gasteiger partial charge < -0.3 is 5.41 Å². The van der Waals surface area contributed by atoms with Crippen LogP contribution in [0.1, 0.15) is 69.9 Å². The van der Waals surface area contributed by atoms with Gasteiger partial charge in [-0.15, -0.1) is 0 Å². The van der Waals surface area contributed by atoms with E-state index < -0.39 is 0 Å². The highest BCUT2D eigenvalue weighted by atomic mass is 14.4. The van der Waals surface area contributed by atoms with Gasteiger partial charge in [-0.3, -0.25) is 0 Å². The van der Waals surface area contributed by atoms with Gasteiger partial charge in [0.15, 0.2) is 0 Å². The summed E-state index contributed by atoms with van der Waals surface area (Å²) < 4.78 is 0. The zero-order valence-electron chi connectivity index (χ0n) is 16.2. The molecule has 1 saturated carbocycles. The van der Waals surface area contributed by atoms with Crippen molar-refractivity contribution < 1.29 is 0 Å². The van der Waals surface area contributed by atoms with Crippen molar-refractivity contribution in [1.82, 2.24) is 0 Å². The quantitative estimate of drug-likeness (QED) is 0.571. The van der Waals surface area contributed by atoms with Crippen molar-refractivity contribution in [1.29, 1.82) is 5.41 Å². The van der Waals surface area contributed by atoms with Crippen molar-refractivity contribution in [2.75, 3.05) is 0 Å². The van der Waals surface area contributed by atoms with Gasteiger partial charge in [-0.2, -0.15) is 0 Å². The lowest BCUT2D eigenvalue weighted by molar-refractivity contribution is 0.343. The molecule has 2 unspecified atom stereocenters. The van der Waals surface area contributed by atoms with E-state index in [4.69, 9.17) is 5.41 Å². The summed E-state index contributed by atoms with van der Waals surface area (Å²) in [5.41, 5.74) is 8.80. The molecule has 1 fully saturated rings. The molecule has 0 heterocycles. The summed E-state index contributed by atoms with van der Waals surface area (Å²) in [5.74, 6) is 1.18. The van der Waals surface area contributed by atoms with E-state index in [9.17, 15) is 0 Å². The first-order valence-corrected chi connectivity index (χ1v) is 10.00. The Kier molecular flexibility index (Phi) is 4.56. The Labute approximate surface area is 157 Å². The van der Waals surface area contributed by atoms with Gasteiger partial charge in [-0.25, -0.2) is 0 Å². The van der Waals surface area contributed by atoms with E-state index in [0.29, 0.717) is 11.8 Å². The molecular weight excluding hydrogens is 314 g/mol. The topological polar surface area (TPSA) is 23.9 Å². The van der Waals surface area contributed by atoms with Crippen LogP contribution in [0.4, 0.5) is 0 Å². The van der Waals surface area contributed by atoms with Gasteiger partial charge >= 0.3 is 0 Å². The standard InChI is InChI=1S/C25H29N/c1-16-14-24(18(3)17(16)2)22-11-7-6-10-21(22)23-13-12-19-8-4-5-9-20(19)25(23)15-26/h4-5,8-9,12-13,15,21-22,26H,6-7,10-11,14H2,1-3H3. The second-order valence-electron chi connectivity index (χ2n) is 8.16. The largest absolute Gasteiger partial charge is 0.308 e. The summed E-state index contributed by atoms with van der Waals surface area (Å²) in [6, 6.07) is 13.1. The Bertz CT molecular complexity index is 928. The molecular formula is C25H29N. The lowest BCUT2D eigenvalue weighted by atomic mass is 9.69. The molecule has 0 aromatic heterocycles. The summed E-state index contributed by atoms with van der Waals surface area (Å²) in [4.78, 5) is 0. The van der Waals surface area contributed by atoms with Gasteiger partial charge in [0.2, 0.25) is 0 Å². The molecule has 0 aliphatic heterocycles. The van der Waals surface area contributed by atoms with E-state index >= 15 is 0 Å². The van der Waals surface area contributed by atoms with Crippen molar-refractivity contribution in [3.63, 3.8) is 0 Å². The average molecular weight is 344 g/mol. The molecule has 2 aliphatic rings. The van der Waals surface area contributed by atoms with Gasteiger partial charge in [0.1, 0.15) is 0 Å². The van der Waals surface area contributed by atoms with Gasteiger partial charge in [-0.05, 0) is 79.4 Å². The number of benzene rings is 2. The molecule has 0 bridgehead atoms. The monoisotopic (exact) mass is 343 g/mol. The summed E-state index contributed by atoms with van der Waals surface area (Å²) in [6.07, 6.45) is 7.94. The lowest BCUT2D eigenvalue weighted by Crippen LogP contribution is -2.21. The van der Waals surface area contributed by atoms with Crippen molar-refractivity contribution in [3.8, 4) is 0 Å². The van der Waals surface area contributed by atoms with Crippen LogP contribution in [0.3, 0.4) is 0 Å². The lowest BCUT2D eigenvalue weighted by Gasteiger charge is -2.35. The van der Waals surface area contributed by atoms with Gasteiger partial charge in [0.25, 0.3) is 0 Å². The number of fused-ring (bicyclic) bond motifs is 1. The van der Waals surface area contributed by atoms with E-state index in [0.717, 1.165) is 12.0 Å². The Hall–Kier alpha value is -2.15. The maximum absolute atomic E-state index is 8.12. The first-order chi connectivity index (χ1) is 12.6. The SMILES string of the molecule is CC1=C(C)C(C)=C(C2CCCCC2c2ccc3ccccc3c2C=N)C1. The third kappa shape index (κ3) is 2.74. The highest BCUT2D eigenvalue weighted by molar-refractivity contribution is 6.00. The van der Waals surface area contributed by atoms with Crippen LogP contribution >= 0.6 is 0 Å². The predicted molar refractivity (Wildman–Crippen MR) is 112 cm³/mol. The van der Waals surface area contributed by atoms with E-state index in [-0.39, 0.29) is 0 Å². The highest BCUT2D eigenvalue weighted by Gasteiger charge is 2.33. The minimum atomic E-state index is 0.550. The van der Waals surface area contributed by atoms with Crippen LogP contribution in [-0.2, 0) is 0 Å². The molecule has 134 valence electrons. The van der Waals surface area contributed by atoms with Crippen LogP contribution in [0, 0.1) is 11.3 Å². The predicted octanol–water partition coefficient (Wildman–Crippen LogP) is 7.17. The molecule has 1 N–H and O–H groups in total. The first-order valence-electron chi connectivity index (χ1n) is 10.00. The molecule has 2 atom stereocenters. The molecule has 2 aromatic carbocycles. The molecule has 2 aliphatic carbocycles. The van der Waals surface area contributed by atoms with Crippen molar-refractivity contribution in [3.05, 3.63) is 69.8 Å². The van der Waals surface area contributed by atoms with Crippen molar-refractivity contribution in [2.45, 2.75) is 58.8 Å². The Morgan fingerprint density at radius 3 is 2.31 bits per heavy atom. The van der Waals surface area contributed by atoms with Crippen LogP contribution in [0.15, 0.2) is 58.7 Å². The maximum atomic E-state index is 8.12. The average Bonchev–Trinajstić information content (AvgIpc) is 2.94. The molecule has 2 aromatic rings. The molecule has 0 spiro atoms. The Morgan fingerprint density at radius 2 is 1.62 bits per heavy atom. The molecule has 0 saturated heterocycles. The van der Waals surface area contributed by atoms with Crippen molar-refractivity contribution in [2.24, 2.45) is 5.92 Å². The third-order valence-electron chi connectivity index (χ3n) is 6.90. The van der Waals surface area contributed by atoms with E-state index in [1.54, 1.807) is 17.4 Å². The summed E-state index contributed by atoms with van der Waals surface area (Å²) in [5, 5.41) is 10.6. The summed E-state index contributed by atoms with van der Waals surface area (Å²) in [6.45, 7) is 6.90. The highest BCUT2D eigenvalue weighted by Crippen LogP contribution is 2.48. The smallest absolute Gasteiger partial charge is 0.0259 e. The molecule has 4 rings (SSSR count). The molecule has 1 heteroatoms. The van der Waals surface area contributed by atoms with Crippen LogP contribution in [0.2, 0.25) is 0 Å². The number of hydrogen-bond donors (Lipinski definition) is 1. The van der Waals surface area contributed by atoms with Crippen LogP contribution in [-0.4, -0.2) is 6.21 Å². The number of hydrogen-bond acceptors (Lipinski definition) is 1. The number of allylic oxidation sites excluding steroid dienone is 4. The van der Waals surface area contributed by atoms with Crippen LogP contribution in [0.5, 0.6) is 0 Å². The second kappa shape index (κ2) is 6.87. The van der Waals surface area contributed by atoms with Crippen LogP contribution < -0.4 is 0 Å². The van der Waals surface area contributed by atoms with Gasteiger partial charge in [0, 0.05) is 11.8 Å². The second-order valence-corrected chi connectivity index (χ2v) is 8.16.